The van der Waals surface area contributed by atoms with Crippen molar-refractivity contribution in [1.82, 2.24) is 0 Å². The SMILES string of the molecule is C=CCC1CCC(c2ccc(-c3cc(F)c(Cc4ccc(OC(F)(F)F)c(F)c4)c(F)c3)cc2)OC1. The smallest absolute Gasteiger partial charge is 0.403 e. The molecule has 0 amide bonds. The lowest BCUT2D eigenvalue weighted by Gasteiger charge is -2.28. The summed E-state index contributed by atoms with van der Waals surface area (Å²) in [6.45, 7) is 4.43. The van der Waals surface area contributed by atoms with Crippen LogP contribution >= 0.6 is 0 Å². The zero-order valence-electron chi connectivity index (χ0n) is 19.3. The average molecular weight is 506 g/mol. The van der Waals surface area contributed by atoms with E-state index >= 15 is 0 Å². The van der Waals surface area contributed by atoms with Gasteiger partial charge in [-0.25, -0.2) is 13.2 Å². The molecular weight excluding hydrogens is 482 g/mol. The van der Waals surface area contributed by atoms with E-state index < -0.39 is 29.6 Å². The second-order valence-electron chi connectivity index (χ2n) is 8.82. The average Bonchev–Trinajstić information content (AvgIpc) is 2.83. The van der Waals surface area contributed by atoms with Crippen LogP contribution in [0.5, 0.6) is 5.75 Å². The zero-order valence-corrected chi connectivity index (χ0v) is 19.3. The Hall–Kier alpha value is -3.26. The normalized spacial score (nSPS) is 18.2. The molecule has 2 atom stereocenters. The zero-order chi connectivity index (χ0) is 25.9. The Balaban J connectivity index is 1.47. The van der Waals surface area contributed by atoms with Crippen LogP contribution in [0.3, 0.4) is 0 Å². The summed E-state index contributed by atoms with van der Waals surface area (Å²) in [6.07, 6.45) is -0.666. The summed E-state index contributed by atoms with van der Waals surface area (Å²) in [6, 6.07) is 12.3. The van der Waals surface area contributed by atoms with Crippen LogP contribution in [0.2, 0.25) is 0 Å². The topological polar surface area (TPSA) is 18.5 Å². The molecule has 3 aromatic rings. The van der Waals surface area contributed by atoms with Crippen molar-refractivity contribution in [3.05, 3.63) is 101 Å². The third kappa shape index (κ3) is 6.29. The van der Waals surface area contributed by atoms with Crippen LogP contribution < -0.4 is 4.74 Å². The van der Waals surface area contributed by atoms with Gasteiger partial charge in [0.25, 0.3) is 0 Å². The van der Waals surface area contributed by atoms with E-state index in [-0.39, 0.29) is 23.7 Å². The highest BCUT2D eigenvalue weighted by Crippen LogP contribution is 2.34. The number of benzene rings is 3. The molecule has 1 saturated heterocycles. The largest absolute Gasteiger partial charge is 0.573 e. The molecule has 1 aliphatic rings. The molecule has 0 bridgehead atoms. The molecule has 3 aromatic carbocycles. The summed E-state index contributed by atoms with van der Waals surface area (Å²) in [4.78, 5) is 0. The first-order valence-electron chi connectivity index (χ1n) is 11.5. The van der Waals surface area contributed by atoms with Gasteiger partial charge in [-0.05, 0) is 71.7 Å². The van der Waals surface area contributed by atoms with E-state index in [4.69, 9.17) is 4.74 Å². The Morgan fingerprint density at radius 3 is 2.14 bits per heavy atom. The fraction of sp³-hybridized carbons (Fsp3) is 0.286. The summed E-state index contributed by atoms with van der Waals surface area (Å²) < 4.78 is 90.1. The molecule has 4 rings (SSSR count). The van der Waals surface area contributed by atoms with E-state index in [1.54, 1.807) is 12.1 Å². The molecule has 190 valence electrons. The van der Waals surface area contributed by atoms with Crippen LogP contribution in [-0.4, -0.2) is 13.0 Å². The minimum absolute atomic E-state index is 0.0238. The first kappa shape index (κ1) is 25.8. The van der Waals surface area contributed by atoms with Gasteiger partial charge >= 0.3 is 6.36 Å². The number of rotatable bonds is 7. The maximum atomic E-state index is 14.8. The Morgan fingerprint density at radius 2 is 1.58 bits per heavy atom. The Kier molecular flexibility index (Phi) is 7.73. The van der Waals surface area contributed by atoms with Gasteiger partial charge in [0.1, 0.15) is 11.6 Å². The molecule has 0 spiro atoms. The van der Waals surface area contributed by atoms with Crippen molar-refractivity contribution in [2.24, 2.45) is 5.92 Å². The van der Waals surface area contributed by atoms with Crippen molar-refractivity contribution in [3.63, 3.8) is 0 Å². The fourth-order valence-electron chi connectivity index (χ4n) is 4.39. The highest BCUT2D eigenvalue weighted by molar-refractivity contribution is 5.64. The van der Waals surface area contributed by atoms with E-state index in [9.17, 15) is 26.3 Å². The summed E-state index contributed by atoms with van der Waals surface area (Å²) in [5.74, 6) is -3.49. The Morgan fingerprint density at radius 1 is 0.889 bits per heavy atom. The predicted molar refractivity (Wildman–Crippen MR) is 124 cm³/mol. The van der Waals surface area contributed by atoms with Crippen molar-refractivity contribution in [2.75, 3.05) is 6.61 Å². The number of hydrogen-bond donors (Lipinski definition) is 0. The Labute approximate surface area is 205 Å². The van der Waals surface area contributed by atoms with Gasteiger partial charge in [-0.3, -0.25) is 0 Å². The molecule has 0 radical (unpaired) electrons. The highest BCUT2D eigenvalue weighted by Gasteiger charge is 2.32. The molecule has 0 N–H and O–H groups in total. The van der Waals surface area contributed by atoms with E-state index in [1.807, 2.05) is 18.2 Å². The molecular formula is C28H24F6O2. The second kappa shape index (κ2) is 10.8. The van der Waals surface area contributed by atoms with Gasteiger partial charge in [-0.15, -0.1) is 19.8 Å². The molecule has 36 heavy (non-hydrogen) atoms. The van der Waals surface area contributed by atoms with Gasteiger partial charge in [-0.2, -0.15) is 0 Å². The van der Waals surface area contributed by atoms with Gasteiger partial charge in [0.2, 0.25) is 0 Å². The minimum atomic E-state index is -5.05. The van der Waals surface area contributed by atoms with Crippen molar-refractivity contribution in [2.45, 2.75) is 38.1 Å². The molecule has 0 aromatic heterocycles. The van der Waals surface area contributed by atoms with Gasteiger partial charge in [0.15, 0.2) is 11.6 Å². The molecule has 0 aliphatic carbocycles. The van der Waals surface area contributed by atoms with E-state index in [0.29, 0.717) is 23.7 Å². The number of halogens is 6. The molecule has 8 heteroatoms. The summed E-state index contributed by atoms with van der Waals surface area (Å²) in [7, 11) is 0. The van der Waals surface area contributed by atoms with E-state index in [1.165, 1.54) is 12.1 Å². The lowest BCUT2D eigenvalue weighted by Crippen LogP contribution is -2.20. The van der Waals surface area contributed by atoms with Gasteiger partial charge in [0, 0.05) is 12.0 Å². The molecule has 2 nitrogen and oxygen atoms in total. The molecule has 2 unspecified atom stereocenters. The molecule has 1 fully saturated rings. The first-order chi connectivity index (χ1) is 17.1. The number of ether oxygens (including phenoxy) is 2. The summed E-state index contributed by atoms with van der Waals surface area (Å²) in [5.41, 5.74) is 1.72. The predicted octanol–water partition coefficient (Wildman–Crippen LogP) is 8.30. The van der Waals surface area contributed by atoms with Gasteiger partial charge < -0.3 is 9.47 Å². The van der Waals surface area contributed by atoms with Crippen LogP contribution in [0.25, 0.3) is 11.1 Å². The fourth-order valence-corrected chi connectivity index (χ4v) is 4.39. The van der Waals surface area contributed by atoms with Crippen molar-refractivity contribution >= 4 is 0 Å². The summed E-state index contributed by atoms with van der Waals surface area (Å²) in [5, 5.41) is 0. The molecule has 1 aliphatic heterocycles. The van der Waals surface area contributed by atoms with Gasteiger partial charge in [0.05, 0.1) is 12.7 Å². The van der Waals surface area contributed by atoms with Gasteiger partial charge in [-0.1, -0.05) is 36.4 Å². The van der Waals surface area contributed by atoms with Crippen LogP contribution in [0.4, 0.5) is 26.3 Å². The maximum absolute atomic E-state index is 14.8. The lowest BCUT2D eigenvalue weighted by molar-refractivity contribution is -0.275. The third-order valence-corrected chi connectivity index (χ3v) is 6.23. The number of alkyl halides is 3. The quantitative estimate of drug-likeness (QED) is 0.237. The molecule has 0 saturated carbocycles. The highest BCUT2D eigenvalue weighted by atomic mass is 19.4. The second-order valence-corrected chi connectivity index (χ2v) is 8.82. The number of hydrogen-bond acceptors (Lipinski definition) is 2. The molecule has 1 heterocycles. The van der Waals surface area contributed by atoms with Crippen LogP contribution in [0.15, 0.2) is 67.3 Å². The minimum Gasteiger partial charge on any atom is -0.403 e. The van der Waals surface area contributed by atoms with Crippen molar-refractivity contribution in [1.29, 1.82) is 0 Å². The standard InChI is InChI=1S/C28H24F6O2/c1-2-3-17-4-10-26(35-16-17)20-8-6-19(7-9-20)21-14-23(29)22(24(30)15-21)12-18-5-11-27(25(31)13-18)36-28(32,33)34/h2,5-9,11,13-15,17,26H,1,3-4,10,12,16H2. The third-order valence-electron chi connectivity index (χ3n) is 6.23. The van der Waals surface area contributed by atoms with E-state index in [0.717, 1.165) is 43.0 Å². The monoisotopic (exact) mass is 506 g/mol. The van der Waals surface area contributed by atoms with Crippen LogP contribution in [0, 0.1) is 23.4 Å². The number of allylic oxidation sites excluding steroid dienone is 1. The van der Waals surface area contributed by atoms with E-state index in [2.05, 4.69) is 11.3 Å². The summed E-state index contributed by atoms with van der Waals surface area (Å²) >= 11 is 0. The van der Waals surface area contributed by atoms with Crippen LogP contribution in [-0.2, 0) is 11.2 Å². The maximum Gasteiger partial charge on any atom is 0.573 e. The Bertz CT molecular complexity index is 1190. The first-order valence-corrected chi connectivity index (χ1v) is 11.5. The van der Waals surface area contributed by atoms with Crippen molar-refractivity contribution < 1.29 is 35.8 Å². The van der Waals surface area contributed by atoms with Crippen LogP contribution in [0.1, 0.15) is 42.1 Å². The van der Waals surface area contributed by atoms with Crippen molar-refractivity contribution in [3.8, 4) is 16.9 Å². The lowest BCUT2D eigenvalue weighted by atomic mass is 9.92.